The number of carbonyl (C=O) groups excluding carboxylic acids is 1. The molecule has 5 nitrogen and oxygen atoms in total. The summed E-state index contributed by atoms with van der Waals surface area (Å²) in [6, 6.07) is 11.4. The molecule has 0 atom stereocenters. The summed E-state index contributed by atoms with van der Waals surface area (Å²) in [5.74, 6) is 1.47. The van der Waals surface area contributed by atoms with Crippen molar-refractivity contribution in [2.45, 2.75) is 38.0 Å². The van der Waals surface area contributed by atoms with Crippen molar-refractivity contribution in [1.82, 2.24) is 9.97 Å². The second-order valence-corrected chi connectivity index (χ2v) is 8.61. The third-order valence-corrected chi connectivity index (χ3v) is 5.97. The first-order valence-electron chi connectivity index (χ1n) is 9.79. The fraction of sp³-hybridized carbons (Fsp3) is 0.364. The molecule has 0 bridgehead atoms. The van der Waals surface area contributed by atoms with Gasteiger partial charge in [-0.05, 0) is 49.2 Å². The third-order valence-electron chi connectivity index (χ3n) is 5.45. The maximum atomic E-state index is 12.7. The first-order chi connectivity index (χ1) is 13.5. The van der Waals surface area contributed by atoms with Gasteiger partial charge in [-0.15, -0.1) is 0 Å². The quantitative estimate of drug-likeness (QED) is 0.547. The summed E-state index contributed by atoms with van der Waals surface area (Å²) in [6.45, 7) is 0. The van der Waals surface area contributed by atoms with E-state index in [1.54, 1.807) is 0 Å². The summed E-state index contributed by atoms with van der Waals surface area (Å²) in [5, 5.41) is 3.06. The molecule has 1 aliphatic rings. The van der Waals surface area contributed by atoms with Gasteiger partial charge in [0.25, 0.3) is 5.91 Å². The monoisotopic (exact) mass is 440 g/mol. The molecule has 2 N–H and O–H groups in total. The SMILES string of the molecule is CN(C)c1cc2[nH]c(C3CCCCC3)nc2cc1NC(=O)c1ccc(Br)cc1. The molecule has 1 fully saturated rings. The van der Waals surface area contributed by atoms with Gasteiger partial charge in [0, 0.05) is 30.0 Å². The molecule has 2 aromatic carbocycles. The number of benzene rings is 2. The second kappa shape index (κ2) is 7.95. The molecular weight excluding hydrogens is 416 g/mol. The maximum Gasteiger partial charge on any atom is 0.255 e. The van der Waals surface area contributed by atoms with Crippen LogP contribution < -0.4 is 10.2 Å². The number of rotatable bonds is 4. The van der Waals surface area contributed by atoms with Gasteiger partial charge in [0.2, 0.25) is 0 Å². The highest BCUT2D eigenvalue weighted by atomic mass is 79.9. The fourth-order valence-electron chi connectivity index (χ4n) is 3.90. The number of nitrogens with zero attached hydrogens (tertiary/aromatic N) is 2. The highest BCUT2D eigenvalue weighted by molar-refractivity contribution is 9.10. The smallest absolute Gasteiger partial charge is 0.255 e. The van der Waals surface area contributed by atoms with E-state index in [1.165, 1.54) is 32.1 Å². The van der Waals surface area contributed by atoms with Gasteiger partial charge in [0.15, 0.2) is 0 Å². The van der Waals surface area contributed by atoms with Crippen LogP contribution in [0.3, 0.4) is 0 Å². The Bertz CT molecular complexity index is 988. The fourth-order valence-corrected chi connectivity index (χ4v) is 4.16. The molecular formula is C22H25BrN4O. The Kier molecular flexibility index (Phi) is 5.40. The average Bonchev–Trinajstić information content (AvgIpc) is 3.11. The predicted molar refractivity (Wildman–Crippen MR) is 118 cm³/mol. The van der Waals surface area contributed by atoms with Gasteiger partial charge in [-0.2, -0.15) is 0 Å². The summed E-state index contributed by atoms with van der Waals surface area (Å²) in [7, 11) is 3.96. The molecule has 0 aliphatic heterocycles. The molecule has 146 valence electrons. The summed E-state index contributed by atoms with van der Waals surface area (Å²) in [6.07, 6.45) is 6.28. The van der Waals surface area contributed by atoms with Crippen LogP contribution in [0.4, 0.5) is 11.4 Å². The Hall–Kier alpha value is -2.34. The van der Waals surface area contributed by atoms with Crippen LogP contribution in [0.25, 0.3) is 11.0 Å². The van der Waals surface area contributed by atoms with Crippen LogP contribution >= 0.6 is 15.9 Å². The minimum atomic E-state index is -0.127. The number of hydrogen-bond acceptors (Lipinski definition) is 3. The second-order valence-electron chi connectivity index (χ2n) is 7.70. The molecule has 4 rings (SSSR count). The number of imidazole rings is 1. The van der Waals surface area contributed by atoms with Crippen LogP contribution in [0.2, 0.25) is 0 Å². The third kappa shape index (κ3) is 3.92. The number of carbonyl (C=O) groups is 1. The largest absolute Gasteiger partial charge is 0.376 e. The molecule has 0 unspecified atom stereocenters. The van der Waals surface area contributed by atoms with E-state index in [0.717, 1.165) is 32.7 Å². The first-order valence-corrected chi connectivity index (χ1v) is 10.6. The molecule has 1 aromatic heterocycles. The molecule has 0 spiro atoms. The van der Waals surface area contributed by atoms with Crippen molar-refractivity contribution in [3.05, 3.63) is 52.3 Å². The van der Waals surface area contributed by atoms with Crippen LogP contribution in [0.5, 0.6) is 0 Å². The number of halogens is 1. The van der Waals surface area contributed by atoms with Gasteiger partial charge in [0.1, 0.15) is 5.82 Å². The molecule has 0 radical (unpaired) electrons. The van der Waals surface area contributed by atoms with Crippen molar-refractivity contribution in [3.63, 3.8) is 0 Å². The highest BCUT2D eigenvalue weighted by Crippen LogP contribution is 2.35. The van der Waals surface area contributed by atoms with Crippen LogP contribution in [0.15, 0.2) is 40.9 Å². The van der Waals surface area contributed by atoms with Crippen molar-refractivity contribution < 1.29 is 4.79 Å². The summed E-state index contributed by atoms with van der Waals surface area (Å²) < 4.78 is 0.950. The number of amides is 1. The number of nitrogens with one attached hydrogen (secondary N) is 2. The Balaban J connectivity index is 1.66. The minimum Gasteiger partial charge on any atom is -0.376 e. The number of aromatic nitrogens is 2. The van der Waals surface area contributed by atoms with Crippen molar-refractivity contribution >= 4 is 44.2 Å². The zero-order valence-corrected chi connectivity index (χ0v) is 17.8. The van der Waals surface area contributed by atoms with Gasteiger partial charge in [-0.1, -0.05) is 35.2 Å². The van der Waals surface area contributed by atoms with Gasteiger partial charge < -0.3 is 15.2 Å². The summed E-state index contributed by atoms with van der Waals surface area (Å²) in [5.41, 5.74) is 4.27. The molecule has 1 amide bonds. The normalized spacial score (nSPS) is 15.0. The molecule has 1 heterocycles. The van der Waals surface area contributed by atoms with Gasteiger partial charge in [-0.3, -0.25) is 4.79 Å². The van der Waals surface area contributed by atoms with Crippen LogP contribution in [-0.4, -0.2) is 30.0 Å². The molecule has 1 saturated carbocycles. The zero-order chi connectivity index (χ0) is 19.7. The molecule has 6 heteroatoms. The standard InChI is InChI=1S/C22H25BrN4O/c1-27(2)20-13-18-17(24-21(25-18)14-6-4-3-5-7-14)12-19(20)26-22(28)15-8-10-16(23)11-9-15/h8-14H,3-7H2,1-2H3,(H,24,25)(H,26,28). The highest BCUT2D eigenvalue weighted by Gasteiger charge is 2.20. The molecule has 1 aliphatic carbocycles. The topological polar surface area (TPSA) is 61.0 Å². The molecule has 0 saturated heterocycles. The predicted octanol–water partition coefficient (Wildman–Crippen LogP) is 5.69. The number of fused-ring (bicyclic) bond motifs is 1. The van der Waals surface area contributed by atoms with Crippen molar-refractivity contribution in [1.29, 1.82) is 0 Å². The zero-order valence-electron chi connectivity index (χ0n) is 16.3. The molecule has 3 aromatic rings. The van der Waals surface area contributed by atoms with E-state index in [1.807, 2.05) is 49.3 Å². The average molecular weight is 441 g/mol. The van der Waals surface area contributed by atoms with E-state index < -0.39 is 0 Å². The minimum absolute atomic E-state index is 0.127. The van der Waals surface area contributed by atoms with E-state index in [-0.39, 0.29) is 5.91 Å². The van der Waals surface area contributed by atoms with Crippen LogP contribution in [0, 0.1) is 0 Å². The first kappa shape index (κ1) is 19.0. The lowest BCUT2D eigenvalue weighted by Gasteiger charge is -2.19. The summed E-state index contributed by atoms with van der Waals surface area (Å²) >= 11 is 3.40. The number of hydrogen-bond donors (Lipinski definition) is 2. The van der Waals surface area contributed by atoms with Crippen LogP contribution in [0.1, 0.15) is 54.2 Å². The van der Waals surface area contributed by atoms with E-state index >= 15 is 0 Å². The van der Waals surface area contributed by atoms with Crippen LogP contribution in [-0.2, 0) is 0 Å². The van der Waals surface area contributed by atoms with Crippen molar-refractivity contribution in [2.75, 3.05) is 24.3 Å². The Morgan fingerprint density at radius 2 is 1.86 bits per heavy atom. The number of aromatic amines is 1. The Morgan fingerprint density at radius 3 is 2.54 bits per heavy atom. The van der Waals surface area contributed by atoms with Crippen molar-refractivity contribution in [2.24, 2.45) is 0 Å². The van der Waals surface area contributed by atoms with Gasteiger partial charge in [0.05, 0.1) is 22.4 Å². The number of H-pyrrole nitrogens is 1. The van der Waals surface area contributed by atoms with Gasteiger partial charge >= 0.3 is 0 Å². The van der Waals surface area contributed by atoms with Crippen molar-refractivity contribution in [3.8, 4) is 0 Å². The molecule has 28 heavy (non-hydrogen) atoms. The Morgan fingerprint density at radius 1 is 1.14 bits per heavy atom. The summed E-state index contributed by atoms with van der Waals surface area (Å²) in [4.78, 5) is 23.1. The lowest BCUT2D eigenvalue weighted by atomic mass is 9.89. The van der Waals surface area contributed by atoms with E-state index in [0.29, 0.717) is 11.5 Å². The van der Waals surface area contributed by atoms with E-state index in [2.05, 4.69) is 32.3 Å². The lowest BCUT2D eigenvalue weighted by molar-refractivity contribution is 0.102. The lowest BCUT2D eigenvalue weighted by Crippen LogP contribution is -2.16. The Labute approximate surface area is 173 Å². The van der Waals surface area contributed by atoms with Gasteiger partial charge in [-0.25, -0.2) is 4.98 Å². The number of anilines is 2. The van der Waals surface area contributed by atoms with E-state index in [4.69, 9.17) is 4.98 Å². The maximum absolute atomic E-state index is 12.7. The van der Waals surface area contributed by atoms with E-state index in [9.17, 15) is 4.79 Å².